The topological polar surface area (TPSA) is 83.6 Å². The monoisotopic (exact) mass is 454 g/mol. The number of hydrogen-bond acceptors (Lipinski definition) is 7. The predicted molar refractivity (Wildman–Crippen MR) is 122 cm³/mol. The molecular weight excluding hydrogens is 420 g/mol. The first-order valence-corrected chi connectivity index (χ1v) is 12.9. The normalized spacial score (nSPS) is 22.5. The van der Waals surface area contributed by atoms with Gasteiger partial charge in [-0.3, -0.25) is 10.1 Å². The maximum absolute atomic E-state index is 13.3. The minimum Gasteiger partial charge on any atom is -0.466 e. The lowest BCUT2D eigenvalue weighted by atomic mass is 9.85. The van der Waals surface area contributed by atoms with Crippen molar-refractivity contribution < 1.29 is 14.3 Å². The minimum atomic E-state index is -0.178. The van der Waals surface area contributed by atoms with Crippen LogP contribution >= 0.6 is 23.1 Å². The summed E-state index contributed by atoms with van der Waals surface area (Å²) in [6.45, 7) is 6.46. The molecule has 0 unspecified atom stereocenters. The molecule has 9 heteroatoms. The van der Waals surface area contributed by atoms with E-state index in [1.807, 2.05) is 6.92 Å². The van der Waals surface area contributed by atoms with Gasteiger partial charge in [-0.15, -0.1) is 11.8 Å². The SMILES string of the molecule is CCOC(=O)CCSc1cnc(NC(=O)N(C2CCNCC2)[C@H]2CC[C@H](C)CC2)s1. The van der Waals surface area contributed by atoms with Crippen molar-refractivity contribution in [2.45, 2.75) is 75.1 Å². The summed E-state index contributed by atoms with van der Waals surface area (Å²) in [6.07, 6.45) is 8.72. The number of carbonyl (C=O) groups is 2. The van der Waals surface area contributed by atoms with Crippen molar-refractivity contribution in [2.75, 3.05) is 30.8 Å². The number of hydrogen-bond donors (Lipinski definition) is 2. The molecule has 1 saturated carbocycles. The highest BCUT2D eigenvalue weighted by atomic mass is 32.2. The minimum absolute atomic E-state index is 0.0149. The van der Waals surface area contributed by atoms with Gasteiger partial charge >= 0.3 is 12.0 Å². The van der Waals surface area contributed by atoms with Crippen molar-refractivity contribution in [3.63, 3.8) is 0 Å². The van der Waals surface area contributed by atoms with Crippen molar-refractivity contribution in [3.05, 3.63) is 6.20 Å². The molecule has 168 valence electrons. The number of thiazole rings is 1. The molecule has 1 aromatic heterocycles. The number of amides is 2. The third kappa shape index (κ3) is 6.85. The number of anilines is 1. The number of nitrogens with zero attached hydrogens (tertiary/aromatic N) is 2. The Labute approximate surface area is 187 Å². The number of esters is 1. The summed E-state index contributed by atoms with van der Waals surface area (Å²) in [5.41, 5.74) is 0. The second-order valence-electron chi connectivity index (χ2n) is 8.12. The van der Waals surface area contributed by atoms with Crippen molar-refractivity contribution in [2.24, 2.45) is 5.92 Å². The molecule has 2 fully saturated rings. The van der Waals surface area contributed by atoms with Crippen LogP contribution in [-0.4, -0.2) is 59.4 Å². The molecule has 0 atom stereocenters. The Morgan fingerprint density at radius 1 is 1.23 bits per heavy atom. The van der Waals surface area contributed by atoms with Crippen LogP contribution in [0.5, 0.6) is 0 Å². The second-order valence-corrected chi connectivity index (χ2v) is 10.5. The van der Waals surface area contributed by atoms with E-state index >= 15 is 0 Å². The molecule has 1 aliphatic carbocycles. The van der Waals surface area contributed by atoms with E-state index in [2.05, 4.69) is 27.4 Å². The molecule has 2 heterocycles. The summed E-state index contributed by atoms with van der Waals surface area (Å²) >= 11 is 3.04. The number of carbonyl (C=O) groups excluding carboxylic acids is 2. The Balaban J connectivity index is 1.57. The Bertz CT molecular complexity index is 686. The molecule has 30 heavy (non-hydrogen) atoms. The quantitative estimate of drug-likeness (QED) is 0.449. The van der Waals surface area contributed by atoms with Crippen LogP contribution < -0.4 is 10.6 Å². The van der Waals surface area contributed by atoms with E-state index in [0.717, 1.165) is 48.9 Å². The molecule has 3 rings (SSSR count). The molecule has 0 aromatic carbocycles. The van der Waals surface area contributed by atoms with Gasteiger partial charge in [0.15, 0.2) is 5.13 Å². The predicted octanol–water partition coefficient (Wildman–Crippen LogP) is 4.35. The van der Waals surface area contributed by atoms with Crippen molar-refractivity contribution in [1.82, 2.24) is 15.2 Å². The largest absolute Gasteiger partial charge is 0.466 e. The zero-order valence-corrected chi connectivity index (χ0v) is 19.7. The number of nitrogens with one attached hydrogen (secondary N) is 2. The van der Waals surface area contributed by atoms with Gasteiger partial charge < -0.3 is 15.0 Å². The number of rotatable bonds is 8. The second kappa shape index (κ2) is 11.9. The van der Waals surface area contributed by atoms with Gasteiger partial charge in [-0.25, -0.2) is 9.78 Å². The summed E-state index contributed by atoms with van der Waals surface area (Å²) in [7, 11) is 0. The van der Waals surface area contributed by atoms with Gasteiger partial charge in [0.25, 0.3) is 0 Å². The highest BCUT2D eigenvalue weighted by Gasteiger charge is 2.34. The van der Waals surface area contributed by atoms with Crippen LogP contribution in [0.15, 0.2) is 10.4 Å². The fourth-order valence-corrected chi connectivity index (χ4v) is 6.10. The highest BCUT2D eigenvalue weighted by Crippen LogP contribution is 2.32. The van der Waals surface area contributed by atoms with Crippen LogP contribution in [0.4, 0.5) is 9.93 Å². The number of urea groups is 1. The Morgan fingerprint density at radius 3 is 2.63 bits per heavy atom. The maximum Gasteiger partial charge on any atom is 0.324 e. The molecule has 0 bridgehead atoms. The standard InChI is InChI=1S/C21H34N4O3S2/c1-3-28-18(26)10-13-29-19-14-23-20(30-19)24-21(27)25(17-8-11-22-12-9-17)16-6-4-15(2)5-7-16/h14-17,22H,3-13H2,1-2H3,(H,23,24,27)/t15-,16-. The summed E-state index contributed by atoms with van der Waals surface area (Å²) < 4.78 is 5.95. The number of ether oxygens (including phenoxy) is 1. The van der Waals surface area contributed by atoms with E-state index < -0.39 is 0 Å². The summed E-state index contributed by atoms with van der Waals surface area (Å²) in [5, 5.41) is 7.09. The number of piperidine rings is 1. The lowest BCUT2D eigenvalue weighted by Crippen LogP contribution is -2.53. The Hall–Kier alpha value is -1.32. The first kappa shape index (κ1) is 23.3. The van der Waals surface area contributed by atoms with Crippen LogP contribution in [0.3, 0.4) is 0 Å². The van der Waals surface area contributed by atoms with Crippen LogP contribution in [-0.2, 0) is 9.53 Å². The van der Waals surface area contributed by atoms with E-state index in [4.69, 9.17) is 4.74 Å². The van der Waals surface area contributed by atoms with Gasteiger partial charge in [0.2, 0.25) is 0 Å². The summed E-state index contributed by atoms with van der Waals surface area (Å²) in [4.78, 5) is 31.2. The summed E-state index contributed by atoms with van der Waals surface area (Å²) in [5.74, 6) is 1.23. The third-order valence-electron chi connectivity index (χ3n) is 5.87. The lowest BCUT2D eigenvalue weighted by molar-refractivity contribution is -0.142. The zero-order valence-electron chi connectivity index (χ0n) is 18.0. The average molecular weight is 455 g/mol. The molecule has 7 nitrogen and oxygen atoms in total. The fourth-order valence-electron chi connectivity index (χ4n) is 4.24. The maximum atomic E-state index is 13.3. The van der Waals surface area contributed by atoms with Crippen LogP contribution in [0.2, 0.25) is 0 Å². The average Bonchev–Trinajstić information content (AvgIpc) is 3.18. The van der Waals surface area contributed by atoms with E-state index in [1.54, 1.807) is 18.0 Å². The van der Waals surface area contributed by atoms with Gasteiger partial charge in [0.05, 0.1) is 23.4 Å². The van der Waals surface area contributed by atoms with E-state index in [9.17, 15) is 9.59 Å². The molecule has 1 aliphatic heterocycles. The van der Waals surface area contributed by atoms with E-state index in [0.29, 0.717) is 36.0 Å². The lowest BCUT2D eigenvalue weighted by Gasteiger charge is -2.42. The fraction of sp³-hybridized carbons (Fsp3) is 0.762. The van der Waals surface area contributed by atoms with Gasteiger partial charge in [-0.1, -0.05) is 18.3 Å². The molecule has 0 spiro atoms. The van der Waals surface area contributed by atoms with Crippen molar-refractivity contribution in [3.8, 4) is 0 Å². The van der Waals surface area contributed by atoms with E-state index in [-0.39, 0.29) is 12.0 Å². The molecule has 0 radical (unpaired) electrons. The van der Waals surface area contributed by atoms with Crippen molar-refractivity contribution >= 4 is 40.2 Å². The molecule has 2 aliphatic rings. The molecular formula is C21H34N4O3S2. The first-order chi connectivity index (χ1) is 14.6. The van der Waals surface area contributed by atoms with Gasteiger partial charge in [0.1, 0.15) is 0 Å². The molecule has 1 saturated heterocycles. The zero-order chi connectivity index (χ0) is 21.3. The van der Waals surface area contributed by atoms with Crippen LogP contribution in [0.1, 0.15) is 58.8 Å². The Kier molecular flexibility index (Phi) is 9.27. The van der Waals surface area contributed by atoms with Crippen LogP contribution in [0.25, 0.3) is 0 Å². The third-order valence-corrected chi connectivity index (χ3v) is 7.98. The Morgan fingerprint density at radius 2 is 1.93 bits per heavy atom. The van der Waals surface area contributed by atoms with E-state index in [1.165, 1.54) is 24.2 Å². The highest BCUT2D eigenvalue weighted by molar-refractivity contribution is 8.01. The van der Waals surface area contributed by atoms with Gasteiger partial charge in [-0.2, -0.15) is 0 Å². The molecule has 1 aromatic rings. The molecule has 2 N–H and O–H groups in total. The summed E-state index contributed by atoms with van der Waals surface area (Å²) in [6, 6.07) is 0.601. The number of thioether (sulfide) groups is 1. The van der Waals surface area contributed by atoms with Gasteiger partial charge in [0, 0.05) is 17.8 Å². The van der Waals surface area contributed by atoms with Gasteiger partial charge in [-0.05, 0) is 64.5 Å². The van der Waals surface area contributed by atoms with Crippen LogP contribution in [0, 0.1) is 5.92 Å². The first-order valence-electron chi connectivity index (χ1n) is 11.1. The number of aromatic nitrogens is 1. The van der Waals surface area contributed by atoms with Crippen molar-refractivity contribution in [1.29, 1.82) is 0 Å². The molecule has 2 amide bonds. The smallest absolute Gasteiger partial charge is 0.324 e.